The zero-order valence-electron chi connectivity index (χ0n) is 11.4. The number of amides is 2. The molecule has 1 aliphatic rings. The van der Waals surface area contributed by atoms with Crippen LogP contribution in [0.5, 0.6) is 0 Å². The summed E-state index contributed by atoms with van der Waals surface area (Å²) in [7, 11) is 0. The van der Waals surface area contributed by atoms with Gasteiger partial charge in [0.25, 0.3) is 11.8 Å². The van der Waals surface area contributed by atoms with Gasteiger partial charge in [0.05, 0.1) is 17.3 Å². The van der Waals surface area contributed by atoms with E-state index in [2.05, 4.69) is 15.6 Å². The number of carbonyl (C=O) groups excluding carboxylic acids is 2. The van der Waals surface area contributed by atoms with Crippen LogP contribution in [0.2, 0.25) is 0 Å². The standard InChI is InChI=1S/C16H10N4O2/c21-15-12-7-3-4-8-13(12)16(22)20(15)19-14-11-6-2-1-5-10(11)9-17-18-14/h1-9H,(H,18,19). The third-order valence-corrected chi connectivity index (χ3v) is 3.58. The molecular formula is C16H10N4O2. The number of anilines is 1. The molecule has 0 saturated heterocycles. The third-order valence-electron chi connectivity index (χ3n) is 3.58. The van der Waals surface area contributed by atoms with Gasteiger partial charge in [0.15, 0.2) is 5.82 Å². The lowest BCUT2D eigenvalue weighted by molar-refractivity contribution is 0.0691. The molecule has 6 nitrogen and oxygen atoms in total. The molecule has 0 atom stereocenters. The van der Waals surface area contributed by atoms with Gasteiger partial charge in [-0.1, -0.05) is 36.4 Å². The predicted molar refractivity (Wildman–Crippen MR) is 80.1 cm³/mol. The van der Waals surface area contributed by atoms with Gasteiger partial charge in [-0.15, -0.1) is 5.10 Å². The Morgan fingerprint density at radius 1 is 0.864 bits per heavy atom. The van der Waals surface area contributed by atoms with E-state index in [0.29, 0.717) is 16.9 Å². The second-order valence-corrected chi connectivity index (χ2v) is 4.88. The van der Waals surface area contributed by atoms with Gasteiger partial charge in [-0.05, 0) is 12.1 Å². The molecule has 1 aromatic heterocycles. The second kappa shape index (κ2) is 4.63. The van der Waals surface area contributed by atoms with Crippen LogP contribution in [0.1, 0.15) is 20.7 Å². The van der Waals surface area contributed by atoms with E-state index in [0.717, 1.165) is 15.8 Å². The average molecular weight is 290 g/mol. The summed E-state index contributed by atoms with van der Waals surface area (Å²) in [4.78, 5) is 24.7. The Bertz CT molecular complexity index is 882. The number of fused-ring (bicyclic) bond motifs is 2. The summed E-state index contributed by atoms with van der Waals surface area (Å²) >= 11 is 0. The highest BCUT2D eigenvalue weighted by molar-refractivity contribution is 6.22. The molecule has 0 fully saturated rings. The molecule has 0 radical (unpaired) electrons. The molecule has 2 amide bonds. The summed E-state index contributed by atoms with van der Waals surface area (Å²) < 4.78 is 0. The van der Waals surface area contributed by atoms with Crippen LogP contribution in [-0.2, 0) is 0 Å². The van der Waals surface area contributed by atoms with Crippen LogP contribution in [0.25, 0.3) is 10.8 Å². The van der Waals surface area contributed by atoms with E-state index < -0.39 is 11.8 Å². The first-order valence-electron chi connectivity index (χ1n) is 6.70. The number of hydrogen-bond acceptors (Lipinski definition) is 5. The third kappa shape index (κ3) is 1.74. The van der Waals surface area contributed by atoms with Crippen LogP contribution in [-0.4, -0.2) is 27.0 Å². The van der Waals surface area contributed by atoms with Crippen molar-refractivity contribution in [3.8, 4) is 0 Å². The second-order valence-electron chi connectivity index (χ2n) is 4.88. The van der Waals surface area contributed by atoms with Crippen molar-refractivity contribution >= 4 is 28.4 Å². The summed E-state index contributed by atoms with van der Waals surface area (Å²) in [5.74, 6) is -0.418. The monoisotopic (exact) mass is 290 g/mol. The maximum absolute atomic E-state index is 12.3. The van der Waals surface area contributed by atoms with Gasteiger partial charge in [-0.2, -0.15) is 10.1 Å². The van der Waals surface area contributed by atoms with Crippen LogP contribution in [0.3, 0.4) is 0 Å². The smallest absolute Gasteiger partial charge is 0.269 e. The zero-order chi connectivity index (χ0) is 15.1. The van der Waals surface area contributed by atoms with E-state index in [9.17, 15) is 9.59 Å². The van der Waals surface area contributed by atoms with Gasteiger partial charge < -0.3 is 0 Å². The fourth-order valence-corrected chi connectivity index (χ4v) is 2.51. The molecule has 106 valence electrons. The van der Waals surface area contributed by atoms with Crippen molar-refractivity contribution in [3.63, 3.8) is 0 Å². The van der Waals surface area contributed by atoms with Gasteiger partial charge in [0.2, 0.25) is 0 Å². The zero-order valence-corrected chi connectivity index (χ0v) is 11.4. The highest BCUT2D eigenvalue weighted by atomic mass is 16.2. The van der Waals surface area contributed by atoms with Crippen LogP contribution < -0.4 is 5.43 Å². The van der Waals surface area contributed by atoms with E-state index in [1.165, 1.54) is 0 Å². The van der Waals surface area contributed by atoms with E-state index in [-0.39, 0.29) is 0 Å². The minimum atomic E-state index is -0.393. The topological polar surface area (TPSA) is 75.2 Å². The first kappa shape index (κ1) is 12.5. The van der Waals surface area contributed by atoms with Gasteiger partial charge >= 0.3 is 0 Å². The van der Waals surface area contributed by atoms with Crippen molar-refractivity contribution in [1.82, 2.24) is 15.2 Å². The lowest BCUT2D eigenvalue weighted by Gasteiger charge is -2.16. The number of benzene rings is 2. The lowest BCUT2D eigenvalue weighted by atomic mass is 10.1. The lowest BCUT2D eigenvalue weighted by Crippen LogP contribution is -2.35. The first-order valence-corrected chi connectivity index (χ1v) is 6.70. The summed E-state index contributed by atoms with van der Waals surface area (Å²) in [5.41, 5.74) is 3.56. The minimum Gasteiger partial charge on any atom is -0.269 e. The maximum Gasteiger partial charge on any atom is 0.280 e. The van der Waals surface area contributed by atoms with Crippen LogP contribution in [0, 0.1) is 0 Å². The number of hydrogen-bond donors (Lipinski definition) is 1. The number of nitrogens with zero attached hydrogens (tertiary/aromatic N) is 3. The molecule has 0 spiro atoms. The molecule has 0 unspecified atom stereocenters. The number of aromatic nitrogens is 2. The van der Waals surface area contributed by atoms with E-state index >= 15 is 0 Å². The summed E-state index contributed by atoms with van der Waals surface area (Å²) in [6.07, 6.45) is 1.63. The molecule has 4 rings (SSSR count). The number of imide groups is 1. The Labute approximate surface area is 125 Å². The number of carbonyl (C=O) groups is 2. The van der Waals surface area contributed by atoms with E-state index in [4.69, 9.17) is 0 Å². The molecule has 0 aliphatic carbocycles. The largest absolute Gasteiger partial charge is 0.280 e. The fraction of sp³-hybridized carbons (Fsp3) is 0. The van der Waals surface area contributed by atoms with Crippen molar-refractivity contribution in [2.24, 2.45) is 0 Å². The number of hydrazine groups is 1. The molecule has 2 heterocycles. The highest BCUT2D eigenvalue weighted by Crippen LogP contribution is 2.25. The number of nitrogens with one attached hydrogen (secondary N) is 1. The normalized spacial score (nSPS) is 13.5. The Morgan fingerprint density at radius 2 is 1.50 bits per heavy atom. The Balaban J connectivity index is 1.76. The molecule has 6 heteroatoms. The minimum absolute atomic E-state index is 0.368. The van der Waals surface area contributed by atoms with Crippen molar-refractivity contribution < 1.29 is 9.59 Å². The van der Waals surface area contributed by atoms with Gasteiger partial charge in [-0.25, -0.2) is 0 Å². The molecule has 1 N–H and O–H groups in total. The molecular weight excluding hydrogens is 280 g/mol. The summed E-state index contributed by atoms with van der Waals surface area (Å²) in [6.45, 7) is 0. The van der Waals surface area contributed by atoms with Crippen molar-refractivity contribution in [2.45, 2.75) is 0 Å². The van der Waals surface area contributed by atoms with Crippen LogP contribution in [0.15, 0.2) is 54.7 Å². The molecule has 22 heavy (non-hydrogen) atoms. The molecule has 3 aromatic rings. The molecule has 2 aromatic carbocycles. The van der Waals surface area contributed by atoms with E-state index in [1.54, 1.807) is 30.5 Å². The van der Waals surface area contributed by atoms with Crippen LogP contribution in [0.4, 0.5) is 5.82 Å². The first-order chi connectivity index (χ1) is 10.8. The fourth-order valence-electron chi connectivity index (χ4n) is 2.51. The predicted octanol–water partition coefficient (Wildman–Crippen LogP) is 2.25. The van der Waals surface area contributed by atoms with Crippen LogP contribution >= 0.6 is 0 Å². The van der Waals surface area contributed by atoms with E-state index in [1.807, 2.05) is 24.3 Å². The Morgan fingerprint density at radius 3 is 2.23 bits per heavy atom. The molecule has 1 aliphatic heterocycles. The summed E-state index contributed by atoms with van der Waals surface area (Å²) in [6, 6.07) is 14.2. The van der Waals surface area contributed by atoms with Crippen molar-refractivity contribution in [1.29, 1.82) is 0 Å². The SMILES string of the molecule is O=C1c2ccccc2C(=O)N1Nc1nncc2ccccc12. The summed E-state index contributed by atoms with van der Waals surface area (Å²) in [5, 5.41) is 10.5. The Hall–Kier alpha value is -3.28. The average Bonchev–Trinajstić information content (AvgIpc) is 2.81. The Kier molecular flexibility index (Phi) is 2.62. The highest BCUT2D eigenvalue weighted by Gasteiger charge is 2.36. The molecule has 0 saturated carbocycles. The van der Waals surface area contributed by atoms with Gasteiger partial charge in [0.1, 0.15) is 0 Å². The quantitative estimate of drug-likeness (QED) is 0.733. The van der Waals surface area contributed by atoms with Crippen molar-refractivity contribution in [3.05, 3.63) is 65.9 Å². The van der Waals surface area contributed by atoms with Crippen molar-refractivity contribution in [2.75, 3.05) is 5.43 Å². The maximum atomic E-state index is 12.3. The number of rotatable bonds is 2. The van der Waals surface area contributed by atoms with Gasteiger partial charge in [0, 0.05) is 10.8 Å². The van der Waals surface area contributed by atoms with Gasteiger partial charge in [-0.3, -0.25) is 15.0 Å². The molecule has 0 bridgehead atoms.